The molecule has 22 heavy (non-hydrogen) atoms. The normalized spacial score (nSPS) is 12.0. The molecule has 0 spiro atoms. The van der Waals surface area contributed by atoms with Gasteiger partial charge in [-0.1, -0.05) is 26.0 Å². The molecule has 0 bridgehead atoms. The van der Waals surface area contributed by atoms with Crippen molar-refractivity contribution in [1.82, 2.24) is 25.1 Å². The van der Waals surface area contributed by atoms with Crippen molar-refractivity contribution in [3.05, 3.63) is 48.2 Å². The van der Waals surface area contributed by atoms with Crippen molar-refractivity contribution >= 4 is 10.9 Å². The van der Waals surface area contributed by atoms with Gasteiger partial charge in [-0.15, -0.1) is 0 Å². The predicted octanol–water partition coefficient (Wildman–Crippen LogP) is 3.44. The van der Waals surface area contributed by atoms with Gasteiger partial charge in [0.15, 0.2) is 0 Å². The number of aromatic amines is 1. The molecule has 2 N–H and O–H groups in total. The zero-order valence-corrected chi connectivity index (χ0v) is 13.8. The van der Waals surface area contributed by atoms with Crippen LogP contribution in [-0.4, -0.2) is 26.3 Å². The van der Waals surface area contributed by atoms with Crippen LogP contribution in [0.4, 0.5) is 0 Å². The van der Waals surface area contributed by atoms with Crippen LogP contribution in [0.25, 0.3) is 10.9 Å². The van der Waals surface area contributed by atoms with Crippen molar-refractivity contribution in [2.45, 2.75) is 40.3 Å². The van der Waals surface area contributed by atoms with Crippen LogP contribution in [0.2, 0.25) is 0 Å². The van der Waals surface area contributed by atoms with Crippen molar-refractivity contribution in [3.8, 4) is 0 Å². The number of fused-ring (bicyclic) bond motifs is 1. The number of benzene rings is 1. The summed E-state index contributed by atoms with van der Waals surface area (Å²) in [7, 11) is 0. The van der Waals surface area contributed by atoms with Gasteiger partial charge >= 0.3 is 0 Å². The largest absolute Gasteiger partial charge is 0.359 e. The number of H-pyrrole nitrogens is 1. The highest BCUT2D eigenvalue weighted by Crippen LogP contribution is 2.19. The molecule has 118 valence electrons. The molecule has 0 amide bonds. The minimum absolute atomic E-state index is 0.296. The summed E-state index contributed by atoms with van der Waals surface area (Å²) in [5, 5.41) is 8.94. The molecule has 0 aliphatic heterocycles. The monoisotopic (exact) mass is 299 g/mol. The smallest absolute Gasteiger partial charge is 0.137 e. The van der Waals surface area contributed by atoms with Gasteiger partial charge in [-0.3, -0.25) is 0 Å². The molecule has 1 atom stereocenters. The van der Waals surface area contributed by atoms with Gasteiger partial charge in [0.1, 0.15) is 12.7 Å². The second-order valence-electron chi connectivity index (χ2n) is 5.19. The first-order valence-corrected chi connectivity index (χ1v) is 7.86. The van der Waals surface area contributed by atoms with E-state index in [1.807, 2.05) is 18.5 Å². The minimum atomic E-state index is 0.296. The van der Waals surface area contributed by atoms with Crippen LogP contribution in [0.15, 0.2) is 36.9 Å². The van der Waals surface area contributed by atoms with Crippen LogP contribution in [0, 0.1) is 6.92 Å². The van der Waals surface area contributed by atoms with Crippen molar-refractivity contribution in [2.75, 3.05) is 6.54 Å². The van der Waals surface area contributed by atoms with E-state index >= 15 is 0 Å². The quantitative estimate of drug-likeness (QED) is 0.758. The third-order valence-electron chi connectivity index (χ3n) is 3.53. The molecule has 2 aromatic heterocycles. The van der Waals surface area contributed by atoms with Gasteiger partial charge in [0.05, 0.1) is 6.04 Å². The van der Waals surface area contributed by atoms with E-state index < -0.39 is 0 Å². The summed E-state index contributed by atoms with van der Waals surface area (Å²) in [5.74, 6) is 0. The van der Waals surface area contributed by atoms with Gasteiger partial charge in [-0.25, -0.2) is 9.67 Å². The summed E-state index contributed by atoms with van der Waals surface area (Å²) in [6.07, 6.45) is 3.32. The SMILES string of the molecule is CC.Cc1cc2c(CNCC(C)n3cncn3)cccc2[nH]1. The zero-order chi connectivity index (χ0) is 15.9. The lowest BCUT2D eigenvalue weighted by Gasteiger charge is -2.13. The van der Waals surface area contributed by atoms with Gasteiger partial charge in [0, 0.05) is 29.7 Å². The Balaban J connectivity index is 0.000000847. The fourth-order valence-electron chi connectivity index (χ4n) is 2.47. The van der Waals surface area contributed by atoms with E-state index in [0.29, 0.717) is 6.04 Å². The molecule has 1 unspecified atom stereocenters. The molecule has 0 radical (unpaired) electrons. The molecule has 3 rings (SSSR count). The molecule has 0 aliphatic rings. The highest BCUT2D eigenvalue weighted by Gasteiger charge is 2.06. The maximum Gasteiger partial charge on any atom is 0.137 e. The van der Waals surface area contributed by atoms with Crippen molar-refractivity contribution in [3.63, 3.8) is 0 Å². The lowest BCUT2D eigenvalue weighted by molar-refractivity contribution is 0.453. The zero-order valence-electron chi connectivity index (χ0n) is 13.8. The summed E-state index contributed by atoms with van der Waals surface area (Å²) in [5.41, 5.74) is 3.71. The first kappa shape index (κ1) is 16.2. The van der Waals surface area contributed by atoms with Crippen LogP contribution >= 0.6 is 0 Å². The molecule has 3 aromatic rings. The van der Waals surface area contributed by atoms with Crippen LogP contribution in [0.1, 0.15) is 38.1 Å². The van der Waals surface area contributed by atoms with Gasteiger partial charge < -0.3 is 10.3 Å². The molecule has 5 nitrogen and oxygen atoms in total. The highest BCUT2D eigenvalue weighted by atomic mass is 15.3. The van der Waals surface area contributed by atoms with Crippen molar-refractivity contribution < 1.29 is 0 Å². The Hall–Kier alpha value is -2.14. The van der Waals surface area contributed by atoms with E-state index in [4.69, 9.17) is 0 Å². The summed E-state index contributed by atoms with van der Waals surface area (Å²) in [4.78, 5) is 7.34. The Morgan fingerprint density at radius 1 is 1.32 bits per heavy atom. The van der Waals surface area contributed by atoms with E-state index in [2.05, 4.69) is 58.5 Å². The average molecular weight is 299 g/mol. The summed E-state index contributed by atoms with van der Waals surface area (Å²) < 4.78 is 1.87. The fourth-order valence-corrected chi connectivity index (χ4v) is 2.47. The van der Waals surface area contributed by atoms with Gasteiger partial charge in [-0.05, 0) is 31.5 Å². The topological polar surface area (TPSA) is 58.5 Å². The van der Waals surface area contributed by atoms with Crippen LogP contribution in [-0.2, 0) is 6.54 Å². The number of aromatic nitrogens is 4. The van der Waals surface area contributed by atoms with E-state index in [9.17, 15) is 0 Å². The third kappa shape index (κ3) is 3.74. The van der Waals surface area contributed by atoms with Gasteiger partial charge in [0.2, 0.25) is 0 Å². The molecule has 1 aromatic carbocycles. The number of nitrogens with zero attached hydrogens (tertiary/aromatic N) is 3. The molecular weight excluding hydrogens is 274 g/mol. The Morgan fingerprint density at radius 3 is 2.86 bits per heavy atom. The number of aryl methyl sites for hydroxylation is 1. The predicted molar refractivity (Wildman–Crippen MR) is 90.8 cm³/mol. The lowest BCUT2D eigenvalue weighted by atomic mass is 10.1. The Kier molecular flexibility index (Phi) is 5.72. The van der Waals surface area contributed by atoms with Crippen LogP contribution in [0.3, 0.4) is 0 Å². The molecule has 2 heterocycles. The van der Waals surface area contributed by atoms with Crippen molar-refractivity contribution in [1.29, 1.82) is 0 Å². The molecule has 0 fully saturated rings. The lowest BCUT2D eigenvalue weighted by Crippen LogP contribution is -2.23. The Labute approximate surface area is 131 Å². The maximum atomic E-state index is 4.16. The van der Waals surface area contributed by atoms with Crippen molar-refractivity contribution in [2.24, 2.45) is 0 Å². The summed E-state index contributed by atoms with van der Waals surface area (Å²) >= 11 is 0. The maximum absolute atomic E-state index is 4.16. The average Bonchev–Trinajstić information content (AvgIpc) is 3.18. The fraction of sp³-hybridized carbons (Fsp3) is 0.412. The number of rotatable bonds is 5. The van der Waals surface area contributed by atoms with E-state index in [1.165, 1.54) is 22.2 Å². The summed E-state index contributed by atoms with van der Waals surface area (Å²) in [6, 6.07) is 8.88. The van der Waals surface area contributed by atoms with E-state index in [0.717, 1.165) is 13.1 Å². The molecular formula is C17H25N5. The second-order valence-corrected chi connectivity index (χ2v) is 5.19. The number of hydrogen-bond donors (Lipinski definition) is 2. The van der Waals surface area contributed by atoms with Gasteiger partial charge in [-0.2, -0.15) is 5.10 Å². The standard InChI is InChI=1S/C15H19N5.C2H6/c1-11-6-14-13(4-3-5-15(14)19-11)8-16-7-12(2)20-10-17-9-18-20;1-2/h3-6,9-10,12,16,19H,7-8H2,1-2H3;1-2H3. The first-order valence-electron chi connectivity index (χ1n) is 7.86. The molecule has 5 heteroatoms. The number of hydrogen-bond acceptors (Lipinski definition) is 3. The van der Waals surface area contributed by atoms with E-state index in [1.54, 1.807) is 12.7 Å². The van der Waals surface area contributed by atoms with Gasteiger partial charge in [0.25, 0.3) is 0 Å². The molecule has 0 saturated heterocycles. The van der Waals surface area contributed by atoms with Crippen LogP contribution in [0.5, 0.6) is 0 Å². The molecule has 0 aliphatic carbocycles. The molecule has 0 saturated carbocycles. The van der Waals surface area contributed by atoms with Crippen LogP contribution < -0.4 is 5.32 Å². The summed E-state index contributed by atoms with van der Waals surface area (Å²) in [6.45, 7) is 9.93. The highest BCUT2D eigenvalue weighted by molar-refractivity contribution is 5.83. The second kappa shape index (κ2) is 7.75. The Bertz CT molecular complexity index is 684. The first-order chi connectivity index (χ1) is 10.7. The Morgan fingerprint density at radius 2 is 2.14 bits per heavy atom. The minimum Gasteiger partial charge on any atom is -0.359 e. The third-order valence-corrected chi connectivity index (χ3v) is 3.53. The van der Waals surface area contributed by atoms with E-state index in [-0.39, 0.29) is 0 Å². The number of nitrogens with one attached hydrogen (secondary N) is 2.